The van der Waals surface area contributed by atoms with Crippen LogP contribution in [0.25, 0.3) is 0 Å². The molecule has 4 heteroatoms. The first-order valence-corrected chi connectivity index (χ1v) is 5.59. The van der Waals surface area contributed by atoms with Crippen LogP contribution in [0.4, 0.5) is 5.82 Å². The Hall–Kier alpha value is -1.87. The molecule has 17 heavy (non-hydrogen) atoms. The molecule has 0 atom stereocenters. The van der Waals surface area contributed by atoms with Gasteiger partial charge in [-0.05, 0) is 12.1 Å². The van der Waals surface area contributed by atoms with E-state index in [4.69, 9.17) is 17.0 Å². The fourth-order valence-corrected chi connectivity index (χ4v) is 1.74. The van der Waals surface area contributed by atoms with Crippen molar-refractivity contribution in [3.05, 3.63) is 58.7 Å². The first-order chi connectivity index (χ1) is 8.22. The van der Waals surface area contributed by atoms with E-state index in [1.165, 1.54) is 0 Å². The maximum absolute atomic E-state index is 8.16. The van der Waals surface area contributed by atoms with E-state index in [9.17, 15) is 0 Å². The molecule has 0 aliphatic heterocycles. The average molecular weight is 246 g/mol. The maximum Gasteiger partial charge on any atom is 0.136 e. The molecule has 0 bridgehead atoms. The Morgan fingerprint density at radius 1 is 1.18 bits per heavy atom. The van der Waals surface area contributed by atoms with Gasteiger partial charge in [0.05, 0.1) is 5.71 Å². The van der Waals surface area contributed by atoms with Gasteiger partial charge in [-0.25, -0.2) is 4.98 Å². The van der Waals surface area contributed by atoms with Crippen molar-refractivity contribution in [2.45, 2.75) is 0 Å². The maximum atomic E-state index is 8.16. The van der Waals surface area contributed by atoms with Gasteiger partial charge in [-0.1, -0.05) is 41.9 Å². The molecule has 2 aromatic rings. The summed E-state index contributed by atoms with van der Waals surface area (Å²) in [6.45, 7) is 0. The van der Waals surface area contributed by atoms with Crippen molar-refractivity contribution >= 4 is 23.1 Å². The van der Waals surface area contributed by atoms with Gasteiger partial charge >= 0.3 is 0 Å². The van der Waals surface area contributed by atoms with E-state index in [1.54, 1.807) is 19.2 Å². The Bertz CT molecular complexity index is 538. The fraction of sp³-hybridized carbons (Fsp3) is 0.0769. The number of nitrogens with one attached hydrogen (secondary N) is 2. The number of pyridine rings is 1. The third kappa shape index (κ3) is 2.45. The molecule has 0 aliphatic carbocycles. The van der Waals surface area contributed by atoms with E-state index in [0.29, 0.717) is 16.7 Å². The van der Waals surface area contributed by atoms with Gasteiger partial charge in [0.2, 0.25) is 0 Å². The molecule has 3 nitrogen and oxygen atoms in total. The first-order valence-electron chi connectivity index (χ1n) is 5.21. The lowest BCUT2D eigenvalue weighted by Gasteiger charge is -2.09. The van der Waals surface area contributed by atoms with E-state index >= 15 is 0 Å². The zero-order valence-electron chi connectivity index (χ0n) is 9.37. The van der Waals surface area contributed by atoms with Crippen molar-refractivity contribution in [3.63, 3.8) is 0 Å². The van der Waals surface area contributed by atoms with Crippen molar-refractivity contribution in [2.75, 3.05) is 12.4 Å². The number of rotatable bonds is 3. The van der Waals surface area contributed by atoms with Gasteiger partial charge in [0.15, 0.2) is 0 Å². The number of hydrogen-bond donors (Lipinski definition) is 2. The van der Waals surface area contributed by atoms with Crippen LogP contribution in [0.15, 0.2) is 42.5 Å². The van der Waals surface area contributed by atoms with E-state index in [-0.39, 0.29) is 0 Å². The summed E-state index contributed by atoms with van der Waals surface area (Å²) in [5.74, 6) is 0.617. The van der Waals surface area contributed by atoms with Gasteiger partial charge in [-0.15, -0.1) is 0 Å². The zero-order valence-corrected chi connectivity index (χ0v) is 10.1. The van der Waals surface area contributed by atoms with Crippen LogP contribution in [0.1, 0.15) is 11.1 Å². The summed E-state index contributed by atoms with van der Waals surface area (Å²) >= 11 is 5.82. The van der Waals surface area contributed by atoms with Crippen LogP contribution in [0, 0.1) is 5.41 Å². The highest BCUT2D eigenvalue weighted by molar-refractivity contribution is 6.29. The number of aromatic nitrogens is 1. The monoisotopic (exact) mass is 245 g/mol. The van der Waals surface area contributed by atoms with Gasteiger partial charge < -0.3 is 5.32 Å². The third-order valence-electron chi connectivity index (χ3n) is 2.43. The minimum atomic E-state index is 0.416. The predicted octanol–water partition coefficient (Wildman–Crippen LogP) is 3.19. The van der Waals surface area contributed by atoms with Crippen molar-refractivity contribution in [1.29, 1.82) is 5.41 Å². The summed E-state index contributed by atoms with van der Waals surface area (Å²) in [6, 6.07) is 13.0. The van der Waals surface area contributed by atoms with E-state index in [1.807, 2.05) is 30.3 Å². The molecule has 0 saturated carbocycles. The molecular formula is C13H12ClN3. The molecule has 0 spiro atoms. The number of nitrogens with zero attached hydrogens (tertiary/aromatic N) is 1. The largest absolute Gasteiger partial charge is 0.373 e. The lowest BCUT2D eigenvalue weighted by atomic mass is 10.0. The lowest BCUT2D eigenvalue weighted by molar-refractivity contribution is 1.27. The van der Waals surface area contributed by atoms with Crippen LogP contribution in [0.5, 0.6) is 0 Å². The summed E-state index contributed by atoms with van der Waals surface area (Å²) in [5.41, 5.74) is 2.02. The van der Waals surface area contributed by atoms with Crippen LogP contribution < -0.4 is 5.32 Å². The lowest BCUT2D eigenvalue weighted by Crippen LogP contribution is -2.07. The van der Waals surface area contributed by atoms with Crippen LogP contribution >= 0.6 is 11.6 Å². The number of hydrogen-bond acceptors (Lipinski definition) is 3. The van der Waals surface area contributed by atoms with E-state index in [0.717, 1.165) is 11.1 Å². The third-order valence-corrected chi connectivity index (χ3v) is 2.64. The summed E-state index contributed by atoms with van der Waals surface area (Å²) in [4.78, 5) is 4.15. The van der Waals surface area contributed by atoms with Gasteiger partial charge in [0, 0.05) is 18.2 Å². The molecule has 1 aromatic carbocycles. The predicted molar refractivity (Wildman–Crippen MR) is 71.2 cm³/mol. The Kier molecular flexibility index (Phi) is 3.40. The molecular weight excluding hydrogens is 234 g/mol. The molecule has 2 N–H and O–H groups in total. The van der Waals surface area contributed by atoms with Crippen LogP contribution in [-0.2, 0) is 0 Å². The number of benzene rings is 1. The number of halogens is 1. The molecule has 2 rings (SSSR count). The highest BCUT2D eigenvalue weighted by Crippen LogP contribution is 2.19. The highest BCUT2D eigenvalue weighted by Gasteiger charge is 2.10. The molecule has 1 aromatic heterocycles. The molecule has 0 saturated heterocycles. The van der Waals surface area contributed by atoms with Crippen LogP contribution in [0.3, 0.4) is 0 Å². The van der Waals surface area contributed by atoms with Gasteiger partial charge in [-0.3, -0.25) is 5.41 Å². The van der Waals surface area contributed by atoms with Crippen molar-refractivity contribution < 1.29 is 0 Å². The normalized spacial score (nSPS) is 10.0. The smallest absolute Gasteiger partial charge is 0.136 e. The highest BCUT2D eigenvalue weighted by atomic mass is 35.5. The van der Waals surface area contributed by atoms with Crippen LogP contribution in [0.2, 0.25) is 5.15 Å². The summed E-state index contributed by atoms with van der Waals surface area (Å²) in [5, 5.41) is 11.5. The molecule has 0 unspecified atom stereocenters. The average Bonchev–Trinajstić information content (AvgIpc) is 2.39. The van der Waals surface area contributed by atoms with E-state index in [2.05, 4.69) is 10.3 Å². The molecule has 0 aliphatic rings. The van der Waals surface area contributed by atoms with Crippen molar-refractivity contribution in [2.24, 2.45) is 0 Å². The first kappa shape index (κ1) is 11.6. The Balaban J connectivity index is 2.44. The Labute approximate surface area is 105 Å². The number of anilines is 1. The topological polar surface area (TPSA) is 48.8 Å². The Morgan fingerprint density at radius 2 is 1.88 bits per heavy atom. The molecule has 0 amide bonds. The summed E-state index contributed by atoms with van der Waals surface area (Å²) < 4.78 is 0. The SMILES string of the molecule is CNc1nc(Cl)ccc1C(=N)c1ccccc1. The zero-order chi connectivity index (χ0) is 12.3. The van der Waals surface area contributed by atoms with E-state index < -0.39 is 0 Å². The summed E-state index contributed by atoms with van der Waals surface area (Å²) in [7, 11) is 1.76. The Morgan fingerprint density at radius 3 is 2.53 bits per heavy atom. The quantitative estimate of drug-likeness (QED) is 0.645. The molecule has 1 heterocycles. The molecule has 0 radical (unpaired) electrons. The minimum Gasteiger partial charge on any atom is -0.373 e. The minimum absolute atomic E-state index is 0.416. The second-order valence-corrected chi connectivity index (χ2v) is 3.91. The van der Waals surface area contributed by atoms with Gasteiger partial charge in [0.1, 0.15) is 11.0 Å². The van der Waals surface area contributed by atoms with Crippen LogP contribution in [-0.4, -0.2) is 17.7 Å². The molecule has 0 fully saturated rings. The van der Waals surface area contributed by atoms with Crippen molar-refractivity contribution in [3.8, 4) is 0 Å². The second-order valence-electron chi connectivity index (χ2n) is 3.52. The van der Waals surface area contributed by atoms with Gasteiger partial charge in [-0.2, -0.15) is 0 Å². The molecule has 86 valence electrons. The standard InChI is InChI=1S/C13H12ClN3/c1-16-13-10(7-8-11(14)17-13)12(15)9-5-3-2-4-6-9/h2-8,15H,1H3,(H,16,17). The summed E-state index contributed by atoms with van der Waals surface area (Å²) in [6.07, 6.45) is 0. The van der Waals surface area contributed by atoms with Crippen molar-refractivity contribution in [1.82, 2.24) is 4.98 Å². The fourth-order valence-electron chi connectivity index (χ4n) is 1.59. The van der Waals surface area contributed by atoms with Gasteiger partial charge in [0.25, 0.3) is 0 Å². The second kappa shape index (κ2) is 4.97.